The van der Waals surface area contributed by atoms with Crippen LogP contribution < -0.4 is 4.74 Å². The Labute approximate surface area is 173 Å². The standard InChI is InChI=1S/C23H23BrNO3/c1-25(12-14-27-15-13-25)16-21-20-5-3-2-4-17(20)8-11-22(21)28-23(26)18-6-9-19(24)10-7-18/h2-11H,12-16H2,1H3/q+1. The fraction of sp³-hybridized carbons (Fsp3) is 0.261. The van der Waals surface area contributed by atoms with Gasteiger partial charge in [0.25, 0.3) is 0 Å². The Hall–Kier alpha value is -2.21. The molecule has 4 nitrogen and oxygen atoms in total. The van der Waals surface area contributed by atoms with Gasteiger partial charge in [-0.15, -0.1) is 0 Å². The zero-order valence-corrected chi connectivity index (χ0v) is 17.4. The summed E-state index contributed by atoms with van der Waals surface area (Å²) in [5, 5.41) is 2.29. The van der Waals surface area contributed by atoms with Gasteiger partial charge in [-0.1, -0.05) is 46.3 Å². The zero-order valence-electron chi connectivity index (χ0n) is 15.9. The molecule has 1 fully saturated rings. The molecule has 0 saturated carbocycles. The lowest BCUT2D eigenvalue weighted by Crippen LogP contribution is -2.51. The molecule has 0 aromatic heterocycles. The van der Waals surface area contributed by atoms with Crippen LogP contribution >= 0.6 is 15.9 Å². The molecule has 0 N–H and O–H groups in total. The zero-order chi connectivity index (χ0) is 19.6. The van der Waals surface area contributed by atoms with E-state index < -0.39 is 0 Å². The van der Waals surface area contributed by atoms with Crippen molar-refractivity contribution in [1.82, 2.24) is 0 Å². The van der Waals surface area contributed by atoms with Crippen molar-refractivity contribution in [3.05, 3.63) is 76.3 Å². The average Bonchev–Trinajstić information content (AvgIpc) is 2.70. The molecule has 0 bridgehead atoms. The normalized spacial score (nSPS) is 16.1. The number of hydrogen-bond acceptors (Lipinski definition) is 3. The summed E-state index contributed by atoms with van der Waals surface area (Å²) in [5.74, 6) is 0.297. The van der Waals surface area contributed by atoms with Crippen molar-refractivity contribution in [2.45, 2.75) is 6.54 Å². The molecule has 1 saturated heterocycles. The van der Waals surface area contributed by atoms with Gasteiger partial charge in [0, 0.05) is 4.47 Å². The first-order valence-electron chi connectivity index (χ1n) is 9.44. The second-order valence-electron chi connectivity index (χ2n) is 7.50. The van der Waals surface area contributed by atoms with Gasteiger partial charge in [0.05, 0.1) is 31.4 Å². The minimum atomic E-state index is -0.339. The van der Waals surface area contributed by atoms with Gasteiger partial charge in [0.2, 0.25) is 0 Å². The highest BCUT2D eigenvalue weighted by atomic mass is 79.9. The molecular weight excluding hydrogens is 418 g/mol. The first-order chi connectivity index (χ1) is 13.5. The molecule has 0 radical (unpaired) electrons. The molecule has 0 unspecified atom stereocenters. The lowest BCUT2D eigenvalue weighted by Gasteiger charge is -2.38. The summed E-state index contributed by atoms with van der Waals surface area (Å²) in [6, 6.07) is 19.4. The molecule has 5 heteroatoms. The molecule has 144 valence electrons. The van der Waals surface area contributed by atoms with Crippen LogP contribution in [0.15, 0.2) is 65.1 Å². The van der Waals surface area contributed by atoms with Crippen LogP contribution in [0.2, 0.25) is 0 Å². The highest BCUT2D eigenvalue weighted by molar-refractivity contribution is 9.10. The van der Waals surface area contributed by atoms with E-state index in [9.17, 15) is 4.79 Å². The van der Waals surface area contributed by atoms with Gasteiger partial charge < -0.3 is 14.0 Å². The predicted octanol–water partition coefficient (Wildman–Crippen LogP) is 4.80. The lowest BCUT2D eigenvalue weighted by atomic mass is 10.0. The van der Waals surface area contributed by atoms with E-state index in [2.05, 4.69) is 35.1 Å². The van der Waals surface area contributed by atoms with Gasteiger partial charge in [-0.3, -0.25) is 0 Å². The summed E-state index contributed by atoms with van der Waals surface area (Å²) >= 11 is 3.40. The van der Waals surface area contributed by atoms with Crippen LogP contribution in [0.4, 0.5) is 0 Å². The highest BCUT2D eigenvalue weighted by Gasteiger charge is 2.28. The van der Waals surface area contributed by atoms with Crippen molar-refractivity contribution < 1.29 is 18.8 Å². The third-order valence-electron chi connectivity index (χ3n) is 5.37. The number of fused-ring (bicyclic) bond motifs is 1. The van der Waals surface area contributed by atoms with Gasteiger partial charge >= 0.3 is 5.97 Å². The number of esters is 1. The maximum Gasteiger partial charge on any atom is 0.343 e. The summed E-state index contributed by atoms with van der Waals surface area (Å²) in [6.45, 7) is 4.21. The fourth-order valence-corrected chi connectivity index (χ4v) is 3.91. The van der Waals surface area contributed by atoms with E-state index in [-0.39, 0.29) is 5.97 Å². The van der Waals surface area contributed by atoms with Crippen molar-refractivity contribution in [3.8, 4) is 5.75 Å². The van der Waals surface area contributed by atoms with Crippen LogP contribution in [0.25, 0.3) is 10.8 Å². The molecule has 0 atom stereocenters. The molecule has 1 heterocycles. The number of carbonyl (C=O) groups is 1. The first kappa shape index (κ1) is 19.1. The number of nitrogens with zero attached hydrogens (tertiary/aromatic N) is 1. The number of hydrogen-bond donors (Lipinski definition) is 0. The van der Waals surface area contributed by atoms with E-state index in [0.717, 1.165) is 58.1 Å². The molecule has 1 aliphatic rings. The smallest absolute Gasteiger partial charge is 0.343 e. The van der Waals surface area contributed by atoms with Crippen molar-refractivity contribution >= 4 is 32.7 Å². The Morgan fingerprint density at radius 3 is 2.50 bits per heavy atom. The Bertz CT molecular complexity index is 994. The van der Waals surface area contributed by atoms with Gasteiger partial charge in [0.1, 0.15) is 25.4 Å². The lowest BCUT2D eigenvalue weighted by molar-refractivity contribution is -0.929. The molecule has 1 aliphatic heterocycles. The molecule has 0 spiro atoms. The quantitative estimate of drug-likeness (QED) is 0.332. The van der Waals surface area contributed by atoms with Crippen LogP contribution in [0.5, 0.6) is 5.75 Å². The number of carbonyl (C=O) groups excluding carboxylic acids is 1. The van der Waals surface area contributed by atoms with E-state index in [1.807, 2.05) is 36.4 Å². The number of likely N-dealkylation sites (N-methyl/N-ethyl adjacent to an activating group) is 1. The number of morpholine rings is 1. The van der Waals surface area contributed by atoms with Crippen LogP contribution in [-0.2, 0) is 11.3 Å². The maximum atomic E-state index is 12.7. The summed E-state index contributed by atoms with van der Waals surface area (Å²) < 4.78 is 13.2. The van der Waals surface area contributed by atoms with E-state index >= 15 is 0 Å². The second kappa shape index (κ2) is 8.03. The van der Waals surface area contributed by atoms with Crippen LogP contribution in [0, 0.1) is 0 Å². The Morgan fingerprint density at radius 2 is 1.75 bits per heavy atom. The number of rotatable bonds is 4. The summed E-state index contributed by atoms with van der Waals surface area (Å²) in [4.78, 5) is 12.7. The Morgan fingerprint density at radius 1 is 1.04 bits per heavy atom. The maximum absolute atomic E-state index is 12.7. The third-order valence-corrected chi connectivity index (χ3v) is 5.90. The van der Waals surface area contributed by atoms with Crippen molar-refractivity contribution in [2.75, 3.05) is 33.4 Å². The molecule has 3 aromatic rings. The summed E-state index contributed by atoms with van der Waals surface area (Å²) in [5.41, 5.74) is 1.61. The molecule has 3 aromatic carbocycles. The molecule has 0 aliphatic carbocycles. The first-order valence-corrected chi connectivity index (χ1v) is 10.2. The predicted molar refractivity (Wildman–Crippen MR) is 113 cm³/mol. The SMILES string of the molecule is C[N+]1(Cc2c(OC(=O)c3ccc(Br)cc3)ccc3ccccc23)CCOCC1. The number of halogens is 1. The van der Waals surface area contributed by atoms with Crippen LogP contribution in [-0.4, -0.2) is 43.8 Å². The van der Waals surface area contributed by atoms with Crippen LogP contribution in [0.1, 0.15) is 15.9 Å². The van der Waals surface area contributed by atoms with Crippen LogP contribution in [0.3, 0.4) is 0 Å². The molecule has 0 amide bonds. The topological polar surface area (TPSA) is 35.5 Å². The minimum absolute atomic E-state index is 0.339. The molecule has 28 heavy (non-hydrogen) atoms. The van der Waals surface area contributed by atoms with Gasteiger partial charge in [-0.2, -0.15) is 0 Å². The Balaban J connectivity index is 1.70. The van der Waals surface area contributed by atoms with E-state index in [0.29, 0.717) is 11.3 Å². The van der Waals surface area contributed by atoms with Crippen molar-refractivity contribution in [3.63, 3.8) is 0 Å². The largest absolute Gasteiger partial charge is 0.422 e. The summed E-state index contributed by atoms with van der Waals surface area (Å²) in [7, 11) is 2.24. The van der Waals surface area contributed by atoms with E-state index in [1.165, 1.54) is 0 Å². The minimum Gasteiger partial charge on any atom is -0.422 e. The van der Waals surface area contributed by atoms with E-state index in [4.69, 9.17) is 9.47 Å². The van der Waals surface area contributed by atoms with Gasteiger partial charge in [0.15, 0.2) is 0 Å². The van der Waals surface area contributed by atoms with Crippen molar-refractivity contribution in [2.24, 2.45) is 0 Å². The van der Waals surface area contributed by atoms with Gasteiger partial charge in [-0.05, 0) is 41.1 Å². The Kier molecular flexibility index (Phi) is 5.49. The second-order valence-corrected chi connectivity index (χ2v) is 8.41. The third kappa shape index (κ3) is 4.12. The molecular formula is C23H23BrNO3+. The van der Waals surface area contributed by atoms with E-state index in [1.54, 1.807) is 12.1 Å². The monoisotopic (exact) mass is 440 g/mol. The number of benzene rings is 3. The van der Waals surface area contributed by atoms with Crippen molar-refractivity contribution in [1.29, 1.82) is 0 Å². The number of quaternary nitrogens is 1. The molecule has 4 rings (SSSR count). The average molecular weight is 441 g/mol. The number of ether oxygens (including phenoxy) is 2. The van der Waals surface area contributed by atoms with Gasteiger partial charge in [-0.25, -0.2) is 4.79 Å². The summed E-state index contributed by atoms with van der Waals surface area (Å²) in [6.07, 6.45) is 0. The highest BCUT2D eigenvalue weighted by Crippen LogP contribution is 2.32. The fourth-order valence-electron chi connectivity index (χ4n) is 3.64.